The fourth-order valence-electron chi connectivity index (χ4n) is 4.91. The van der Waals surface area contributed by atoms with Crippen molar-refractivity contribution in [2.75, 3.05) is 32.2 Å². The molecule has 0 saturated carbocycles. The van der Waals surface area contributed by atoms with Crippen molar-refractivity contribution in [1.29, 1.82) is 0 Å². The van der Waals surface area contributed by atoms with E-state index < -0.39 is 0 Å². The van der Waals surface area contributed by atoms with Crippen LogP contribution in [0.4, 0.5) is 11.4 Å². The van der Waals surface area contributed by atoms with Gasteiger partial charge in [0.15, 0.2) is 5.75 Å². The number of nitrogens with one attached hydrogen (secondary N) is 3. The maximum atomic E-state index is 13.0. The number of para-hydroxylation sites is 1. The van der Waals surface area contributed by atoms with Crippen molar-refractivity contribution in [2.24, 2.45) is 0 Å². The van der Waals surface area contributed by atoms with Gasteiger partial charge in [-0.05, 0) is 37.1 Å². The summed E-state index contributed by atoms with van der Waals surface area (Å²) in [5, 5.41) is 6.83. The predicted octanol–water partition coefficient (Wildman–Crippen LogP) is 4.87. The number of pyridine rings is 2. The van der Waals surface area contributed by atoms with Crippen molar-refractivity contribution in [3.8, 4) is 22.9 Å². The lowest BCUT2D eigenvalue weighted by Gasteiger charge is -2.22. The summed E-state index contributed by atoms with van der Waals surface area (Å²) in [6, 6.07) is 11.1. The number of benzene rings is 1. The first-order valence-corrected chi connectivity index (χ1v) is 12.6. The molecule has 0 radical (unpaired) electrons. The summed E-state index contributed by atoms with van der Waals surface area (Å²) in [5.41, 5.74) is 5.56. The molecule has 1 aromatic carbocycles. The van der Waals surface area contributed by atoms with Gasteiger partial charge in [0.1, 0.15) is 11.6 Å². The third-order valence-corrected chi connectivity index (χ3v) is 6.93. The zero-order valence-corrected chi connectivity index (χ0v) is 21.0. The number of methoxy groups -OCH3 is 1. The molecule has 1 fully saturated rings. The Balaban J connectivity index is 1.48. The average molecular weight is 520 g/mol. The molecule has 2 aliphatic heterocycles. The lowest BCUT2D eigenvalue weighted by Crippen LogP contribution is -2.31. The molecule has 0 bridgehead atoms. The van der Waals surface area contributed by atoms with E-state index in [0.717, 1.165) is 36.4 Å². The lowest BCUT2D eigenvalue weighted by atomic mass is 10.0. The zero-order chi connectivity index (χ0) is 25.4. The highest BCUT2D eigenvalue weighted by Crippen LogP contribution is 2.42. The largest absolute Gasteiger partial charge is 0.493 e. The predicted molar refractivity (Wildman–Crippen MR) is 141 cm³/mol. The Morgan fingerprint density at radius 1 is 1.22 bits per heavy atom. The maximum Gasteiger partial charge on any atom is 0.255 e. The summed E-state index contributed by atoms with van der Waals surface area (Å²) in [4.78, 5) is 25.8. The Bertz CT molecular complexity index is 1480. The van der Waals surface area contributed by atoms with E-state index in [-0.39, 0.29) is 12.0 Å². The fraction of sp³-hybridized carbons (Fsp3) is 0.296. The summed E-state index contributed by atoms with van der Waals surface area (Å²) in [7, 11) is 1.56. The summed E-state index contributed by atoms with van der Waals surface area (Å²) < 4.78 is 17.2. The number of carbonyl (C=O) groups is 1. The number of anilines is 2. The van der Waals surface area contributed by atoms with Crippen LogP contribution in [0.1, 0.15) is 28.9 Å². The standard InChI is InChI=1S/C27H26ClN5O4/c1-35-26-17(28)5-2-6-20(26)32-25-22-18(10-12-30-27(22)34)31-24(25)16-9-11-29-19-7-8-21(33-23(16)19)37-15-4-3-13-36-14-15/h2,5-9,11,15,31-32H,3-4,10,12-14H2,1H3,(H,30,34)/t15-/m0/s1. The molecule has 0 unspecified atom stereocenters. The average Bonchev–Trinajstić information content (AvgIpc) is 3.28. The smallest absolute Gasteiger partial charge is 0.255 e. The first-order chi connectivity index (χ1) is 18.1. The molecule has 0 spiro atoms. The minimum atomic E-state index is -0.153. The molecular formula is C27H26ClN5O4. The summed E-state index contributed by atoms with van der Waals surface area (Å²) in [6.45, 7) is 1.87. The number of amides is 1. The monoisotopic (exact) mass is 519 g/mol. The Hall–Kier alpha value is -3.82. The Labute approximate surface area is 218 Å². The molecule has 1 amide bonds. The van der Waals surface area contributed by atoms with E-state index in [4.69, 9.17) is 30.8 Å². The van der Waals surface area contributed by atoms with Gasteiger partial charge in [-0.25, -0.2) is 4.98 Å². The highest BCUT2D eigenvalue weighted by atomic mass is 35.5. The van der Waals surface area contributed by atoms with Crippen LogP contribution in [-0.4, -0.2) is 53.8 Å². The van der Waals surface area contributed by atoms with Gasteiger partial charge in [-0.1, -0.05) is 17.7 Å². The van der Waals surface area contributed by atoms with Crippen LogP contribution in [-0.2, 0) is 11.2 Å². The normalized spacial score (nSPS) is 17.2. The molecule has 1 saturated heterocycles. The number of aromatic amines is 1. The molecule has 0 aliphatic carbocycles. The van der Waals surface area contributed by atoms with Crippen LogP contribution in [0.2, 0.25) is 5.02 Å². The number of aromatic nitrogens is 3. The number of rotatable bonds is 6. The van der Waals surface area contributed by atoms with Gasteiger partial charge in [-0.15, -0.1) is 0 Å². The van der Waals surface area contributed by atoms with Gasteiger partial charge in [0.05, 0.1) is 46.9 Å². The minimum Gasteiger partial charge on any atom is -0.493 e. The maximum absolute atomic E-state index is 13.0. The Morgan fingerprint density at radius 3 is 2.97 bits per heavy atom. The zero-order valence-electron chi connectivity index (χ0n) is 20.3. The van der Waals surface area contributed by atoms with Gasteiger partial charge in [0, 0.05) is 43.1 Å². The summed E-state index contributed by atoms with van der Waals surface area (Å²) in [5.74, 6) is 0.849. The molecular weight excluding hydrogens is 494 g/mol. The number of nitrogens with zero attached hydrogens (tertiary/aromatic N) is 2. The fourth-order valence-corrected chi connectivity index (χ4v) is 5.16. The lowest BCUT2D eigenvalue weighted by molar-refractivity contribution is 0.00564. The summed E-state index contributed by atoms with van der Waals surface area (Å²) in [6.07, 6.45) is 4.26. The molecule has 3 N–H and O–H groups in total. The number of ether oxygens (including phenoxy) is 3. The quantitative estimate of drug-likeness (QED) is 0.333. The highest BCUT2D eigenvalue weighted by molar-refractivity contribution is 6.32. The van der Waals surface area contributed by atoms with E-state index in [1.54, 1.807) is 19.4 Å². The Kier molecular flexibility index (Phi) is 6.31. The van der Waals surface area contributed by atoms with Crippen molar-refractivity contribution in [3.63, 3.8) is 0 Å². The topological polar surface area (TPSA) is 110 Å². The number of carbonyl (C=O) groups excluding carboxylic acids is 1. The molecule has 37 heavy (non-hydrogen) atoms. The number of hydrogen-bond donors (Lipinski definition) is 3. The minimum absolute atomic E-state index is 0.0344. The van der Waals surface area contributed by atoms with Gasteiger partial charge in [0.25, 0.3) is 5.91 Å². The van der Waals surface area contributed by atoms with Crippen molar-refractivity contribution in [2.45, 2.75) is 25.4 Å². The van der Waals surface area contributed by atoms with E-state index in [0.29, 0.717) is 64.2 Å². The molecule has 190 valence electrons. The highest BCUT2D eigenvalue weighted by Gasteiger charge is 2.29. The second kappa shape index (κ2) is 9.91. The first-order valence-electron chi connectivity index (χ1n) is 12.3. The summed E-state index contributed by atoms with van der Waals surface area (Å²) >= 11 is 6.38. The molecule has 1 atom stereocenters. The molecule has 10 heteroatoms. The molecule has 3 aromatic heterocycles. The van der Waals surface area contributed by atoms with Gasteiger partial charge >= 0.3 is 0 Å². The number of hydrogen-bond acceptors (Lipinski definition) is 7. The SMILES string of the molecule is COc1c(Cl)cccc1Nc1c(-c2ccnc3ccc(O[C@H]4CCCOC4)nc23)[nH]c2c1C(=O)NCC2. The second-order valence-corrected chi connectivity index (χ2v) is 9.42. The third-order valence-electron chi connectivity index (χ3n) is 6.63. The van der Waals surface area contributed by atoms with Crippen molar-refractivity contribution < 1.29 is 19.0 Å². The van der Waals surface area contributed by atoms with Crippen LogP contribution in [0.25, 0.3) is 22.3 Å². The molecule has 4 aromatic rings. The van der Waals surface area contributed by atoms with Crippen LogP contribution < -0.4 is 20.1 Å². The van der Waals surface area contributed by atoms with Crippen LogP contribution in [0.15, 0.2) is 42.6 Å². The number of H-pyrrole nitrogens is 1. The van der Waals surface area contributed by atoms with Crippen LogP contribution in [0.3, 0.4) is 0 Å². The second-order valence-electron chi connectivity index (χ2n) is 9.01. The van der Waals surface area contributed by atoms with Crippen molar-refractivity contribution in [1.82, 2.24) is 20.3 Å². The van der Waals surface area contributed by atoms with Crippen molar-refractivity contribution in [3.05, 3.63) is 58.9 Å². The van der Waals surface area contributed by atoms with Crippen LogP contribution in [0, 0.1) is 0 Å². The Morgan fingerprint density at radius 2 is 2.14 bits per heavy atom. The van der Waals surface area contributed by atoms with Crippen LogP contribution >= 0.6 is 11.6 Å². The van der Waals surface area contributed by atoms with E-state index in [2.05, 4.69) is 20.6 Å². The molecule has 5 heterocycles. The molecule has 6 rings (SSSR count). The van der Waals surface area contributed by atoms with E-state index >= 15 is 0 Å². The first kappa shape index (κ1) is 23.6. The van der Waals surface area contributed by atoms with Crippen LogP contribution in [0.5, 0.6) is 11.6 Å². The third kappa shape index (κ3) is 4.45. The van der Waals surface area contributed by atoms with Gasteiger partial charge in [0.2, 0.25) is 5.88 Å². The van der Waals surface area contributed by atoms with E-state index in [1.807, 2.05) is 30.3 Å². The van der Waals surface area contributed by atoms with Gasteiger partial charge in [-0.3, -0.25) is 9.78 Å². The van der Waals surface area contributed by atoms with E-state index in [9.17, 15) is 4.79 Å². The van der Waals surface area contributed by atoms with Gasteiger partial charge in [-0.2, -0.15) is 0 Å². The molecule has 9 nitrogen and oxygen atoms in total. The molecule has 2 aliphatic rings. The van der Waals surface area contributed by atoms with E-state index in [1.165, 1.54) is 0 Å². The van der Waals surface area contributed by atoms with Crippen molar-refractivity contribution >= 4 is 39.9 Å². The number of fused-ring (bicyclic) bond motifs is 2. The van der Waals surface area contributed by atoms with Gasteiger partial charge < -0.3 is 29.8 Å². The number of halogens is 1.